The van der Waals surface area contributed by atoms with E-state index < -0.39 is 0 Å². The van der Waals surface area contributed by atoms with Crippen LogP contribution in [0.5, 0.6) is 0 Å². The van der Waals surface area contributed by atoms with E-state index in [2.05, 4.69) is 22.8 Å². The van der Waals surface area contributed by atoms with Crippen molar-refractivity contribution in [3.8, 4) is 0 Å². The number of anilines is 1. The second-order valence-electron chi connectivity index (χ2n) is 2.40. The summed E-state index contributed by atoms with van der Waals surface area (Å²) >= 11 is 0. The molecule has 0 aliphatic rings. The maximum absolute atomic E-state index is 3.28. The molecule has 0 aliphatic heterocycles. The summed E-state index contributed by atoms with van der Waals surface area (Å²) in [6.45, 7) is 1.97. The maximum atomic E-state index is 3.28. The van der Waals surface area contributed by atoms with Gasteiger partial charge in [0.25, 0.3) is 0 Å². The predicted molar refractivity (Wildman–Crippen MR) is 63.4 cm³/mol. The van der Waals surface area contributed by atoms with Gasteiger partial charge in [0.1, 0.15) is 0 Å². The Labute approximate surface area is 91.9 Å². The lowest BCUT2D eigenvalue weighted by Crippen LogP contribution is -2.17. The Bertz CT molecular complexity index is 192. The fraction of sp³-hybridized carbons (Fsp3) is 0.333. The van der Waals surface area contributed by atoms with E-state index in [0.717, 1.165) is 13.1 Å². The van der Waals surface area contributed by atoms with E-state index in [1.54, 1.807) is 0 Å². The third-order valence-electron chi connectivity index (χ3n) is 1.48. The van der Waals surface area contributed by atoms with E-state index in [9.17, 15) is 0 Å². The Morgan fingerprint density at radius 2 is 1.62 bits per heavy atom. The molecule has 4 heteroatoms. The van der Waals surface area contributed by atoms with Gasteiger partial charge in [-0.2, -0.15) is 0 Å². The Hall–Kier alpha value is -0.440. The molecule has 0 aliphatic carbocycles. The summed E-state index contributed by atoms with van der Waals surface area (Å²) in [7, 11) is 1.95. The van der Waals surface area contributed by atoms with Crippen LogP contribution in [0.15, 0.2) is 30.3 Å². The first-order valence-electron chi connectivity index (χ1n) is 3.87. The van der Waals surface area contributed by atoms with Gasteiger partial charge in [0.05, 0.1) is 0 Å². The quantitative estimate of drug-likeness (QED) is 0.764. The highest BCUT2D eigenvalue weighted by atomic mass is 35.5. The van der Waals surface area contributed by atoms with Crippen LogP contribution in [0.2, 0.25) is 0 Å². The molecule has 0 bridgehead atoms. The third-order valence-corrected chi connectivity index (χ3v) is 1.48. The van der Waals surface area contributed by atoms with Gasteiger partial charge in [-0.25, -0.2) is 0 Å². The van der Waals surface area contributed by atoms with Crippen LogP contribution < -0.4 is 10.6 Å². The molecule has 0 atom stereocenters. The van der Waals surface area contributed by atoms with Crippen LogP contribution in [0, 0.1) is 0 Å². The highest BCUT2D eigenvalue weighted by Gasteiger charge is 1.85. The summed E-state index contributed by atoms with van der Waals surface area (Å²) in [5, 5.41) is 6.36. The van der Waals surface area contributed by atoms with Crippen molar-refractivity contribution in [1.29, 1.82) is 0 Å². The minimum absolute atomic E-state index is 0. The van der Waals surface area contributed by atoms with Crippen molar-refractivity contribution in [3.63, 3.8) is 0 Å². The van der Waals surface area contributed by atoms with Crippen molar-refractivity contribution < 1.29 is 0 Å². The zero-order chi connectivity index (χ0) is 7.94. The Kier molecular flexibility index (Phi) is 11.2. The lowest BCUT2D eigenvalue weighted by atomic mass is 10.3. The zero-order valence-corrected chi connectivity index (χ0v) is 9.25. The first-order valence-corrected chi connectivity index (χ1v) is 3.87. The van der Waals surface area contributed by atoms with E-state index in [4.69, 9.17) is 0 Å². The molecule has 0 amide bonds. The number of para-hydroxylation sites is 1. The van der Waals surface area contributed by atoms with E-state index in [0.29, 0.717) is 0 Å². The zero-order valence-electron chi connectivity index (χ0n) is 7.62. The average Bonchev–Trinajstić information content (AvgIpc) is 2.07. The lowest BCUT2D eigenvalue weighted by Gasteiger charge is -2.04. The number of nitrogens with one attached hydrogen (secondary N) is 2. The molecular formula is C9H16Cl2N2. The molecule has 76 valence electrons. The summed E-state index contributed by atoms with van der Waals surface area (Å²) in [6.07, 6.45) is 0. The predicted octanol–water partition coefficient (Wildman–Crippen LogP) is 2.16. The second-order valence-corrected chi connectivity index (χ2v) is 2.40. The van der Waals surface area contributed by atoms with E-state index in [-0.39, 0.29) is 24.8 Å². The van der Waals surface area contributed by atoms with Crippen LogP contribution in [-0.4, -0.2) is 20.1 Å². The fourth-order valence-corrected chi connectivity index (χ4v) is 0.888. The number of likely N-dealkylation sites (N-methyl/N-ethyl adjacent to an activating group) is 1. The van der Waals surface area contributed by atoms with Gasteiger partial charge in [-0.05, 0) is 19.2 Å². The molecule has 2 N–H and O–H groups in total. The van der Waals surface area contributed by atoms with Crippen molar-refractivity contribution in [3.05, 3.63) is 30.3 Å². The van der Waals surface area contributed by atoms with Gasteiger partial charge in [0.15, 0.2) is 0 Å². The monoisotopic (exact) mass is 222 g/mol. The largest absolute Gasteiger partial charge is 0.384 e. The molecule has 1 aromatic rings. The van der Waals surface area contributed by atoms with Crippen LogP contribution in [0.4, 0.5) is 5.69 Å². The lowest BCUT2D eigenvalue weighted by molar-refractivity contribution is 0.824. The number of benzene rings is 1. The van der Waals surface area contributed by atoms with Crippen molar-refractivity contribution in [2.45, 2.75) is 0 Å². The Morgan fingerprint density at radius 3 is 2.15 bits per heavy atom. The first-order chi connectivity index (χ1) is 5.43. The summed E-state index contributed by atoms with van der Waals surface area (Å²) in [5.41, 5.74) is 1.18. The molecule has 13 heavy (non-hydrogen) atoms. The van der Waals surface area contributed by atoms with Gasteiger partial charge >= 0.3 is 0 Å². The molecule has 0 unspecified atom stereocenters. The van der Waals surface area contributed by atoms with Crippen LogP contribution in [0.25, 0.3) is 0 Å². The van der Waals surface area contributed by atoms with Crippen molar-refractivity contribution in [2.24, 2.45) is 0 Å². The van der Waals surface area contributed by atoms with E-state index >= 15 is 0 Å². The number of halogens is 2. The van der Waals surface area contributed by atoms with Crippen molar-refractivity contribution in [2.75, 3.05) is 25.5 Å². The summed E-state index contributed by atoms with van der Waals surface area (Å²) in [4.78, 5) is 0. The minimum Gasteiger partial charge on any atom is -0.384 e. The summed E-state index contributed by atoms with van der Waals surface area (Å²) in [5.74, 6) is 0. The highest BCUT2D eigenvalue weighted by Crippen LogP contribution is 2.02. The molecule has 0 fully saturated rings. The molecule has 0 saturated carbocycles. The normalized spacial score (nSPS) is 8.08. The molecule has 0 saturated heterocycles. The maximum Gasteiger partial charge on any atom is 0.0340 e. The van der Waals surface area contributed by atoms with Gasteiger partial charge in [-0.1, -0.05) is 18.2 Å². The molecule has 2 nitrogen and oxygen atoms in total. The Morgan fingerprint density at radius 1 is 1.00 bits per heavy atom. The SMILES string of the molecule is CNCCNc1ccccc1.Cl.Cl. The number of rotatable bonds is 4. The fourth-order valence-electron chi connectivity index (χ4n) is 0.888. The second kappa shape index (κ2) is 9.65. The van der Waals surface area contributed by atoms with Crippen LogP contribution in [0.3, 0.4) is 0 Å². The number of hydrogen-bond donors (Lipinski definition) is 2. The molecule has 1 aromatic carbocycles. The van der Waals surface area contributed by atoms with E-state index in [1.165, 1.54) is 5.69 Å². The van der Waals surface area contributed by atoms with Gasteiger partial charge < -0.3 is 10.6 Å². The van der Waals surface area contributed by atoms with Crippen LogP contribution in [0.1, 0.15) is 0 Å². The highest BCUT2D eigenvalue weighted by molar-refractivity contribution is 5.85. The molecule has 0 aromatic heterocycles. The first kappa shape index (κ1) is 15.1. The van der Waals surface area contributed by atoms with Crippen molar-refractivity contribution >= 4 is 30.5 Å². The van der Waals surface area contributed by atoms with Gasteiger partial charge in [0, 0.05) is 18.8 Å². The molecule has 0 radical (unpaired) electrons. The molecule has 0 spiro atoms. The third kappa shape index (κ3) is 6.70. The number of hydrogen-bond acceptors (Lipinski definition) is 2. The Balaban J connectivity index is 0. The topological polar surface area (TPSA) is 24.1 Å². The van der Waals surface area contributed by atoms with E-state index in [1.807, 2.05) is 25.2 Å². The summed E-state index contributed by atoms with van der Waals surface area (Å²) in [6, 6.07) is 10.2. The standard InChI is InChI=1S/C9H14N2.2ClH/c1-10-7-8-11-9-5-3-2-4-6-9;;/h2-6,10-11H,7-8H2,1H3;2*1H. The average molecular weight is 223 g/mol. The molecular weight excluding hydrogens is 207 g/mol. The molecule has 0 heterocycles. The molecule has 1 rings (SSSR count). The van der Waals surface area contributed by atoms with Gasteiger partial charge in [-0.3, -0.25) is 0 Å². The van der Waals surface area contributed by atoms with Gasteiger partial charge in [-0.15, -0.1) is 24.8 Å². The van der Waals surface area contributed by atoms with Gasteiger partial charge in [0.2, 0.25) is 0 Å². The van der Waals surface area contributed by atoms with Crippen molar-refractivity contribution in [1.82, 2.24) is 5.32 Å². The van der Waals surface area contributed by atoms with Crippen LogP contribution in [-0.2, 0) is 0 Å². The van der Waals surface area contributed by atoms with Crippen LogP contribution >= 0.6 is 24.8 Å². The minimum atomic E-state index is 0. The smallest absolute Gasteiger partial charge is 0.0340 e. The summed E-state index contributed by atoms with van der Waals surface area (Å²) < 4.78 is 0.